The maximum Gasteiger partial charge on any atom is 0.274 e. The lowest BCUT2D eigenvalue weighted by Gasteiger charge is -2.14. The third-order valence-corrected chi connectivity index (χ3v) is 4.11. The van der Waals surface area contributed by atoms with Crippen molar-refractivity contribution in [1.82, 2.24) is 10.4 Å². The lowest BCUT2D eigenvalue weighted by Crippen LogP contribution is -2.18. The summed E-state index contributed by atoms with van der Waals surface area (Å²) in [4.78, 5) is 25.9. The molecule has 1 heterocycles. The number of hydroxylamine groups is 1. The molecule has 1 aromatic heterocycles. The van der Waals surface area contributed by atoms with Crippen molar-refractivity contribution in [3.63, 3.8) is 0 Å². The largest absolute Gasteiger partial charge is 0.472 e. The van der Waals surface area contributed by atoms with E-state index in [4.69, 9.17) is 9.62 Å². The summed E-state index contributed by atoms with van der Waals surface area (Å²) in [6.45, 7) is 0.702. The SMILES string of the molecule is CN(C)Cc1cc(NC(=O)c2ccoc2)cc(-c2ccc(C(=O)NO)cc2)c1. The number of furan rings is 1. The van der Waals surface area contributed by atoms with Gasteiger partial charge in [-0.05, 0) is 67.2 Å². The molecule has 0 atom stereocenters. The molecular weight excluding hydrogens is 358 g/mol. The molecule has 2 amide bonds. The zero-order valence-electron chi connectivity index (χ0n) is 15.6. The van der Waals surface area contributed by atoms with Crippen molar-refractivity contribution in [2.45, 2.75) is 6.54 Å². The molecule has 0 saturated carbocycles. The first kappa shape index (κ1) is 19.3. The normalized spacial score (nSPS) is 10.7. The predicted molar refractivity (Wildman–Crippen MR) is 105 cm³/mol. The zero-order chi connectivity index (χ0) is 20.1. The number of benzene rings is 2. The van der Waals surface area contributed by atoms with Crippen molar-refractivity contribution in [3.8, 4) is 11.1 Å². The molecule has 3 N–H and O–H groups in total. The van der Waals surface area contributed by atoms with E-state index in [1.165, 1.54) is 12.5 Å². The van der Waals surface area contributed by atoms with E-state index >= 15 is 0 Å². The molecule has 0 unspecified atom stereocenters. The molecule has 0 aliphatic carbocycles. The van der Waals surface area contributed by atoms with Gasteiger partial charge in [0.1, 0.15) is 6.26 Å². The van der Waals surface area contributed by atoms with Crippen LogP contribution in [0.1, 0.15) is 26.3 Å². The Labute approximate surface area is 162 Å². The van der Waals surface area contributed by atoms with Crippen molar-refractivity contribution < 1.29 is 19.2 Å². The van der Waals surface area contributed by atoms with Crippen LogP contribution in [-0.4, -0.2) is 36.0 Å². The van der Waals surface area contributed by atoms with Crippen molar-refractivity contribution in [2.24, 2.45) is 0 Å². The fraction of sp³-hybridized carbons (Fsp3) is 0.143. The number of anilines is 1. The number of nitrogens with one attached hydrogen (secondary N) is 2. The maximum absolute atomic E-state index is 12.4. The van der Waals surface area contributed by atoms with Crippen molar-refractivity contribution in [3.05, 3.63) is 77.7 Å². The van der Waals surface area contributed by atoms with Crippen LogP contribution in [0, 0.1) is 0 Å². The van der Waals surface area contributed by atoms with Gasteiger partial charge in [-0.25, -0.2) is 5.48 Å². The number of carbonyl (C=O) groups excluding carboxylic acids is 2. The number of rotatable bonds is 6. The van der Waals surface area contributed by atoms with E-state index in [2.05, 4.69) is 5.32 Å². The first-order valence-corrected chi connectivity index (χ1v) is 8.63. The summed E-state index contributed by atoms with van der Waals surface area (Å²) >= 11 is 0. The quantitative estimate of drug-likeness (QED) is 0.451. The lowest BCUT2D eigenvalue weighted by molar-refractivity contribution is 0.0706. The van der Waals surface area contributed by atoms with Crippen LogP contribution in [0.2, 0.25) is 0 Å². The van der Waals surface area contributed by atoms with Crippen LogP contribution in [-0.2, 0) is 6.54 Å². The molecule has 0 bridgehead atoms. The van der Waals surface area contributed by atoms with Gasteiger partial charge in [0.25, 0.3) is 11.8 Å². The molecule has 28 heavy (non-hydrogen) atoms. The van der Waals surface area contributed by atoms with Gasteiger partial charge in [0.2, 0.25) is 0 Å². The van der Waals surface area contributed by atoms with Gasteiger partial charge in [0.05, 0.1) is 11.8 Å². The van der Waals surface area contributed by atoms with Crippen molar-refractivity contribution >= 4 is 17.5 Å². The van der Waals surface area contributed by atoms with Gasteiger partial charge in [-0.15, -0.1) is 0 Å². The average Bonchev–Trinajstić information content (AvgIpc) is 3.22. The lowest BCUT2D eigenvalue weighted by atomic mass is 10.00. The molecule has 7 heteroatoms. The minimum Gasteiger partial charge on any atom is -0.472 e. The van der Waals surface area contributed by atoms with E-state index in [-0.39, 0.29) is 5.91 Å². The topological polar surface area (TPSA) is 94.8 Å². The van der Waals surface area contributed by atoms with Crippen LogP contribution in [0.25, 0.3) is 11.1 Å². The monoisotopic (exact) mass is 379 g/mol. The molecule has 0 spiro atoms. The molecular formula is C21H21N3O4. The van der Waals surface area contributed by atoms with Crippen LogP contribution in [0.5, 0.6) is 0 Å². The summed E-state index contributed by atoms with van der Waals surface area (Å²) in [5.41, 5.74) is 5.89. The van der Waals surface area contributed by atoms with Gasteiger partial charge in [-0.2, -0.15) is 0 Å². The molecule has 2 aromatic carbocycles. The average molecular weight is 379 g/mol. The van der Waals surface area contributed by atoms with E-state index < -0.39 is 5.91 Å². The molecule has 0 radical (unpaired) electrons. The third kappa shape index (κ3) is 4.64. The third-order valence-electron chi connectivity index (χ3n) is 4.11. The summed E-state index contributed by atoms with van der Waals surface area (Å²) in [6, 6.07) is 14.3. The van der Waals surface area contributed by atoms with Crippen LogP contribution in [0.4, 0.5) is 5.69 Å². The van der Waals surface area contributed by atoms with E-state index in [0.717, 1.165) is 16.7 Å². The Kier molecular flexibility index (Phi) is 5.88. The van der Waals surface area contributed by atoms with Crippen LogP contribution in [0.15, 0.2) is 65.5 Å². The predicted octanol–water partition coefficient (Wildman–Crippen LogP) is 3.38. The Bertz CT molecular complexity index is 964. The summed E-state index contributed by atoms with van der Waals surface area (Å²) in [5.74, 6) is -0.822. The minimum atomic E-state index is -0.569. The zero-order valence-corrected chi connectivity index (χ0v) is 15.6. The Morgan fingerprint density at radius 2 is 1.71 bits per heavy atom. The van der Waals surface area contributed by atoms with Crippen molar-refractivity contribution in [2.75, 3.05) is 19.4 Å². The minimum absolute atomic E-state index is 0.253. The second-order valence-electron chi connectivity index (χ2n) is 6.64. The number of hydrogen-bond donors (Lipinski definition) is 3. The summed E-state index contributed by atoms with van der Waals surface area (Å²) in [6.07, 6.45) is 2.84. The Morgan fingerprint density at radius 3 is 2.32 bits per heavy atom. The summed E-state index contributed by atoms with van der Waals surface area (Å²) in [7, 11) is 3.94. The van der Waals surface area contributed by atoms with E-state index in [1.807, 2.05) is 37.2 Å². The van der Waals surface area contributed by atoms with Gasteiger partial charge < -0.3 is 14.6 Å². The van der Waals surface area contributed by atoms with Gasteiger partial charge in [0.15, 0.2) is 0 Å². The van der Waals surface area contributed by atoms with Gasteiger partial charge >= 0.3 is 0 Å². The Hall–Kier alpha value is -3.42. The Morgan fingerprint density at radius 1 is 0.964 bits per heavy atom. The maximum atomic E-state index is 12.4. The fourth-order valence-corrected chi connectivity index (χ4v) is 2.86. The molecule has 0 fully saturated rings. The standard InChI is InChI=1S/C21H21N3O4/c1-24(2)12-14-9-18(15-3-5-16(6-4-15)21(26)23-27)11-19(10-14)22-20(25)17-7-8-28-13-17/h3-11,13,27H,12H2,1-2H3,(H,22,25)(H,23,26). The summed E-state index contributed by atoms with van der Waals surface area (Å²) in [5, 5.41) is 11.6. The number of hydrogen-bond acceptors (Lipinski definition) is 5. The fourth-order valence-electron chi connectivity index (χ4n) is 2.86. The van der Waals surface area contributed by atoms with E-state index in [1.54, 1.807) is 35.8 Å². The van der Waals surface area contributed by atoms with Gasteiger partial charge in [-0.1, -0.05) is 12.1 Å². The highest BCUT2D eigenvalue weighted by molar-refractivity contribution is 6.04. The highest BCUT2D eigenvalue weighted by atomic mass is 16.5. The number of amides is 2. The Balaban J connectivity index is 1.93. The first-order chi connectivity index (χ1) is 13.5. The molecule has 3 aromatic rings. The highest BCUT2D eigenvalue weighted by Crippen LogP contribution is 2.26. The smallest absolute Gasteiger partial charge is 0.274 e. The summed E-state index contributed by atoms with van der Waals surface area (Å²) < 4.78 is 4.96. The second-order valence-corrected chi connectivity index (χ2v) is 6.64. The molecule has 3 rings (SSSR count). The number of carbonyl (C=O) groups is 2. The van der Waals surface area contributed by atoms with Crippen LogP contribution >= 0.6 is 0 Å². The van der Waals surface area contributed by atoms with E-state index in [0.29, 0.717) is 23.4 Å². The number of nitrogens with zero attached hydrogens (tertiary/aromatic N) is 1. The molecule has 144 valence electrons. The van der Waals surface area contributed by atoms with E-state index in [9.17, 15) is 9.59 Å². The molecule has 0 saturated heterocycles. The van der Waals surface area contributed by atoms with Crippen molar-refractivity contribution in [1.29, 1.82) is 0 Å². The second kappa shape index (κ2) is 8.51. The highest BCUT2D eigenvalue weighted by Gasteiger charge is 2.11. The van der Waals surface area contributed by atoms with Crippen LogP contribution in [0.3, 0.4) is 0 Å². The molecule has 0 aliphatic heterocycles. The molecule has 7 nitrogen and oxygen atoms in total. The van der Waals surface area contributed by atoms with Crippen LogP contribution < -0.4 is 10.8 Å². The molecule has 0 aliphatic rings. The van der Waals surface area contributed by atoms with Gasteiger partial charge in [0, 0.05) is 17.8 Å². The van der Waals surface area contributed by atoms with Gasteiger partial charge in [-0.3, -0.25) is 14.8 Å². The first-order valence-electron chi connectivity index (χ1n) is 8.63.